The van der Waals surface area contributed by atoms with E-state index in [0.717, 1.165) is 6.34 Å². The minimum Gasteiger partial charge on any atom is -0.388 e. The number of aliphatic hydroxyl groups excluding tert-OH is 1. The minimum atomic E-state index is -0.314. The third kappa shape index (κ3) is 1.70. The van der Waals surface area contributed by atoms with E-state index in [1.165, 1.54) is 11.9 Å². The highest BCUT2D eigenvalue weighted by molar-refractivity contribution is 5.89. The van der Waals surface area contributed by atoms with Crippen LogP contribution in [0, 0.1) is 10.8 Å². The molecule has 0 aromatic heterocycles. The highest BCUT2D eigenvalue weighted by Crippen LogP contribution is 1.75. The van der Waals surface area contributed by atoms with Gasteiger partial charge in [-0.3, -0.25) is 10.8 Å². The Balaban J connectivity index is 3.62. The fourth-order valence-electron chi connectivity index (χ4n) is 0.189. The smallest absolute Gasteiger partial charge is 0.127 e. The molecule has 0 atom stereocenters. The van der Waals surface area contributed by atoms with E-state index in [2.05, 4.69) is 0 Å². The van der Waals surface area contributed by atoms with Crippen LogP contribution >= 0.6 is 0 Å². The number of hydrogen-bond donors (Lipinski definition) is 3. The van der Waals surface area contributed by atoms with Crippen LogP contribution in [0.1, 0.15) is 0 Å². The van der Waals surface area contributed by atoms with Crippen LogP contribution in [-0.2, 0) is 0 Å². The second-order valence-corrected chi connectivity index (χ2v) is 1.34. The monoisotopic (exact) mass is 115 g/mol. The van der Waals surface area contributed by atoms with Crippen molar-refractivity contribution in [3.8, 4) is 0 Å². The van der Waals surface area contributed by atoms with Gasteiger partial charge in [-0.15, -0.1) is 0 Å². The molecule has 0 amide bonds. The fourth-order valence-corrected chi connectivity index (χ4v) is 0.189. The van der Waals surface area contributed by atoms with Gasteiger partial charge in [-0.05, 0) is 0 Å². The number of aliphatic hydroxyl groups is 1. The Labute approximate surface area is 47.8 Å². The first kappa shape index (κ1) is 7.10. The third-order valence-corrected chi connectivity index (χ3v) is 0.769. The van der Waals surface area contributed by atoms with E-state index >= 15 is 0 Å². The van der Waals surface area contributed by atoms with Gasteiger partial charge in [0.05, 0.1) is 6.34 Å². The number of rotatable bonds is 2. The molecule has 0 fully saturated rings. The van der Waals surface area contributed by atoms with Gasteiger partial charge in [-0.1, -0.05) is 0 Å². The molecule has 0 saturated heterocycles. The topological polar surface area (TPSA) is 71.2 Å². The molecule has 0 aliphatic carbocycles. The average molecular weight is 115 g/mol. The molecule has 0 aliphatic rings. The molecule has 0 rings (SSSR count). The van der Waals surface area contributed by atoms with Crippen molar-refractivity contribution in [2.24, 2.45) is 0 Å². The molecule has 0 aromatic carbocycles. The standard InChI is InChI=1S/C4H9N3O/c1-7(3-5)4(6)2-8/h3,5-6,8H,2H2,1H3. The van der Waals surface area contributed by atoms with Gasteiger partial charge in [-0.2, -0.15) is 0 Å². The summed E-state index contributed by atoms with van der Waals surface area (Å²) in [4.78, 5) is 1.22. The van der Waals surface area contributed by atoms with E-state index in [1.807, 2.05) is 0 Å². The van der Waals surface area contributed by atoms with Gasteiger partial charge in [0.15, 0.2) is 0 Å². The lowest BCUT2D eigenvalue weighted by atomic mass is 10.6. The Morgan fingerprint density at radius 2 is 2.38 bits per heavy atom. The van der Waals surface area contributed by atoms with Crippen molar-refractivity contribution < 1.29 is 5.11 Å². The Morgan fingerprint density at radius 3 is 2.50 bits per heavy atom. The molecule has 0 bridgehead atoms. The van der Waals surface area contributed by atoms with Crippen LogP contribution in [0.15, 0.2) is 0 Å². The zero-order valence-corrected chi connectivity index (χ0v) is 4.68. The first-order chi connectivity index (χ1) is 3.72. The van der Waals surface area contributed by atoms with E-state index in [4.69, 9.17) is 15.9 Å². The lowest BCUT2D eigenvalue weighted by Crippen LogP contribution is -2.26. The largest absolute Gasteiger partial charge is 0.388 e. The second-order valence-electron chi connectivity index (χ2n) is 1.34. The summed E-state index contributed by atoms with van der Waals surface area (Å²) in [6, 6.07) is 0. The lowest BCUT2D eigenvalue weighted by Gasteiger charge is -2.09. The maximum Gasteiger partial charge on any atom is 0.127 e. The van der Waals surface area contributed by atoms with Gasteiger partial charge in [0, 0.05) is 7.05 Å². The molecule has 0 spiro atoms. The van der Waals surface area contributed by atoms with E-state index < -0.39 is 0 Å². The van der Waals surface area contributed by atoms with Crippen molar-refractivity contribution in [2.45, 2.75) is 0 Å². The Hall–Kier alpha value is -0.900. The van der Waals surface area contributed by atoms with Crippen LogP contribution in [0.4, 0.5) is 0 Å². The van der Waals surface area contributed by atoms with Gasteiger partial charge < -0.3 is 10.0 Å². The van der Waals surface area contributed by atoms with Gasteiger partial charge in [0.1, 0.15) is 12.4 Å². The Bertz CT molecular complexity index is 101. The van der Waals surface area contributed by atoms with Crippen molar-refractivity contribution in [3.05, 3.63) is 0 Å². The molecule has 0 heterocycles. The molecule has 3 N–H and O–H groups in total. The van der Waals surface area contributed by atoms with Crippen LogP contribution in [0.25, 0.3) is 0 Å². The molecule has 0 aromatic rings. The van der Waals surface area contributed by atoms with Crippen molar-refractivity contribution in [1.82, 2.24) is 4.90 Å². The minimum absolute atomic E-state index is 0.0278. The SMILES string of the molecule is CN(C=N)C(=N)CO. The van der Waals surface area contributed by atoms with Crippen LogP contribution in [0.5, 0.6) is 0 Å². The van der Waals surface area contributed by atoms with E-state index in [-0.39, 0.29) is 12.4 Å². The molecular weight excluding hydrogens is 106 g/mol. The summed E-state index contributed by atoms with van der Waals surface area (Å²) in [5.41, 5.74) is 0. The lowest BCUT2D eigenvalue weighted by molar-refractivity contribution is 0.345. The highest BCUT2D eigenvalue weighted by atomic mass is 16.3. The summed E-state index contributed by atoms with van der Waals surface area (Å²) < 4.78 is 0. The normalized spacial score (nSPS) is 8.25. The summed E-state index contributed by atoms with van der Waals surface area (Å²) in [5.74, 6) is 0.0278. The van der Waals surface area contributed by atoms with E-state index in [9.17, 15) is 0 Å². The zero-order chi connectivity index (χ0) is 6.57. The van der Waals surface area contributed by atoms with Gasteiger partial charge in [-0.25, -0.2) is 0 Å². The first-order valence-corrected chi connectivity index (χ1v) is 2.14. The fraction of sp³-hybridized carbons (Fsp3) is 0.500. The molecule has 0 unspecified atom stereocenters. The summed E-state index contributed by atoms with van der Waals surface area (Å²) in [7, 11) is 1.53. The van der Waals surface area contributed by atoms with Gasteiger partial charge in [0.2, 0.25) is 0 Å². The van der Waals surface area contributed by atoms with Crippen molar-refractivity contribution >= 4 is 12.2 Å². The summed E-state index contributed by atoms with van der Waals surface area (Å²) >= 11 is 0. The van der Waals surface area contributed by atoms with E-state index in [0.29, 0.717) is 0 Å². The summed E-state index contributed by atoms with van der Waals surface area (Å²) in [5, 5.41) is 21.7. The number of nitrogens with zero attached hydrogens (tertiary/aromatic N) is 1. The third-order valence-electron chi connectivity index (χ3n) is 0.769. The summed E-state index contributed by atoms with van der Waals surface area (Å²) in [6.07, 6.45) is 0.971. The predicted octanol–water partition coefficient (Wildman–Crippen LogP) is -0.505. The van der Waals surface area contributed by atoms with Crippen molar-refractivity contribution in [3.63, 3.8) is 0 Å². The number of amidine groups is 1. The highest BCUT2D eigenvalue weighted by Gasteiger charge is 1.95. The first-order valence-electron chi connectivity index (χ1n) is 2.14. The van der Waals surface area contributed by atoms with Crippen LogP contribution < -0.4 is 0 Å². The van der Waals surface area contributed by atoms with Crippen LogP contribution in [0.3, 0.4) is 0 Å². The Kier molecular flexibility index (Phi) is 2.79. The molecule has 4 heteroatoms. The quantitative estimate of drug-likeness (QED) is 0.335. The number of hydrogen-bond acceptors (Lipinski definition) is 3. The maximum absolute atomic E-state index is 8.27. The van der Waals surface area contributed by atoms with Crippen molar-refractivity contribution in [2.75, 3.05) is 13.7 Å². The molecular formula is C4H9N3O. The Morgan fingerprint density at radius 1 is 1.88 bits per heavy atom. The van der Waals surface area contributed by atoms with E-state index in [1.54, 1.807) is 0 Å². The van der Waals surface area contributed by atoms with Crippen LogP contribution in [-0.4, -0.2) is 35.8 Å². The zero-order valence-electron chi connectivity index (χ0n) is 4.68. The number of nitrogens with one attached hydrogen (secondary N) is 2. The molecule has 46 valence electrons. The average Bonchev–Trinajstić information content (AvgIpc) is 1.84. The summed E-state index contributed by atoms with van der Waals surface area (Å²) in [6.45, 7) is -0.314. The molecule has 0 radical (unpaired) electrons. The van der Waals surface area contributed by atoms with Crippen LogP contribution in [0.2, 0.25) is 0 Å². The van der Waals surface area contributed by atoms with Gasteiger partial charge >= 0.3 is 0 Å². The predicted molar refractivity (Wildman–Crippen MR) is 31.4 cm³/mol. The molecule has 8 heavy (non-hydrogen) atoms. The van der Waals surface area contributed by atoms with Crippen molar-refractivity contribution in [1.29, 1.82) is 10.8 Å². The number of likely N-dealkylation sites (N-methyl/N-ethyl adjacent to an activating group) is 1. The van der Waals surface area contributed by atoms with Gasteiger partial charge in [0.25, 0.3) is 0 Å². The molecule has 0 saturated carbocycles. The molecule has 0 aliphatic heterocycles. The molecule has 4 nitrogen and oxygen atoms in total. The maximum atomic E-state index is 8.27. The second kappa shape index (κ2) is 3.15.